The molecule has 3 aromatic rings. The van der Waals surface area contributed by atoms with Crippen LogP contribution in [0.2, 0.25) is 0 Å². The maximum absolute atomic E-state index is 13.4. The number of hydrogen-bond donors (Lipinski definition) is 2. The number of nitrogens with one attached hydrogen (secondary N) is 2. The molecule has 1 fully saturated rings. The van der Waals surface area contributed by atoms with Crippen molar-refractivity contribution in [3.05, 3.63) is 47.2 Å². The first-order chi connectivity index (χ1) is 14.5. The number of carbonyl (C=O) groups is 1. The van der Waals surface area contributed by atoms with E-state index >= 15 is 0 Å². The molecule has 1 aromatic carbocycles. The van der Waals surface area contributed by atoms with Crippen molar-refractivity contribution < 1.29 is 9.18 Å². The number of halogens is 1. The van der Waals surface area contributed by atoms with Crippen LogP contribution in [0, 0.1) is 18.7 Å². The molecule has 0 saturated heterocycles. The minimum absolute atomic E-state index is 0.259. The number of aryl methyl sites for hydroxylation is 2. The van der Waals surface area contributed by atoms with Gasteiger partial charge in [-0.1, -0.05) is 31.4 Å². The highest BCUT2D eigenvalue weighted by Crippen LogP contribution is 2.26. The van der Waals surface area contributed by atoms with Crippen LogP contribution in [0.15, 0.2) is 24.5 Å². The van der Waals surface area contributed by atoms with Gasteiger partial charge in [0.05, 0.1) is 0 Å². The Hall–Kier alpha value is -3.03. The molecule has 0 unspecified atom stereocenters. The number of fused-ring (bicyclic) bond motifs is 1. The number of rotatable bonds is 6. The van der Waals surface area contributed by atoms with Crippen molar-refractivity contribution in [1.82, 2.24) is 25.1 Å². The van der Waals surface area contributed by atoms with Gasteiger partial charge in [-0.25, -0.2) is 14.4 Å². The summed E-state index contributed by atoms with van der Waals surface area (Å²) in [5.41, 5.74) is 2.89. The standard InChI is InChI=1S/C22H27FN6O/c1-14-10-16(8-9-17(14)23)12-25-22(30)19-20-18(26-13-27-19)21(28-29(20)2)24-11-15-6-4-3-5-7-15/h8-10,13,15H,3-7,11-12H2,1-2H3,(H,24,28)(H,25,30). The normalized spacial score (nSPS) is 14.8. The van der Waals surface area contributed by atoms with Crippen molar-refractivity contribution in [1.29, 1.82) is 0 Å². The summed E-state index contributed by atoms with van der Waals surface area (Å²) < 4.78 is 15.1. The van der Waals surface area contributed by atoms with E-state index in [0.717, 1.165) is 12.1 Å². The predicted octanol–water partition coefficient (Wildman–Crippen LogP) is 3.73. The number of benzene rings is 1. The first-order valence-corrected chi connectivity index (χ1v) is 10.5. The van der Waals surface area contributed by atoms with Crippen LogP contribution in [0.1, 0.15) is 53.7 Å². The van der Waals surface area contributed by atoms with Crippen LogP contribution in [-0.2, 0) is 13.6 Å². The highest BCUT2D eigenvalue weighted by Gasteiger charge is 2.20. The minimum atomic E-state index is -0.314. The molecule has 0 spiro atoms. The molecule has 1 aliphatic rings. The van der Waals surface area contributed by atoms with Crippen LogP contribution in [0.5, 0.6) is 0 Å². The third-order valence-corrected chi connectivity index (χ3v) is 5.79. The van der Waals surface area contributed by atoms with Crippen LogP contribution >= 0.6 is 0 Å². The Morgan fingerprint density at radius 3 is 2.80 bits per heavy atom. The fourth-order valence-corrected chi connectivity index (χ4v) is 4.11. The van der Waals surface area contributed by atoms with Crippen LogP contribution in [0.4, 0.5) is 10.2 Å². The van der Waals surface area contributed by atoms with E-state index in [9.17, 15) is 9.18 Å². The first kappa shape index (κ1) is 20.3. The lowest BCUT2D eigenvalue weighted by Crippen LogP contribution is -2.24. The number of aromatic nitrogens is 4. The summed E-state index contributed by atoms with van der Waals surface area (Å²) in [6, 6.07) is 4.79. The fraction of sp³-hybridized carbons (Fsp3) is 0.455. The molecule has 0 radical (unpaired) electrons. The van der Waals surface area contributed by atoms with Gasteiger partial charge in [0.25, 0.3) is 5.91 Å². The second-order valence-electron chi connectivity index (χ2n) is 8.04. The summed E-state index contributed by atoms with van der Waals surface area (Å²) in [6.45, 7) is 2.85. The Bertz CT molecular complexity index is 1060. The van der Waals surface area contributed by atoms with E-state index in [1.165, 1.54) is 44.5 Å². The van der Waals surface area contributed by atoms with Gasteiger partial charge in [0.1, 0.15) is 23.2 Å². The maximum atomic E-state index is 13.4. The van der Waals surface area contributed by atoms with Gasteiger partial charge in [0.2, 0.25) is 0 Å². The van der Waals surface area contributed by atoms with Crippen molar-refractivity contribution in [2.45, 2.75) is 45.6 Å². The Kier molecular flexibility index (Phi) is 5.92. The van der Waals surface area contributed by atoms with Crippen LogP contribution in [0.25, 0.3) is 11.0 Å². The van der Waals surface area contributed by atoms with Crippen molar-refractivity contribution in [2.24, 2.45) is 13.0 Å². The van der Waals surface area contributed by atoms with Crippen molar-refractivity contribution in [3.63, 3.8) is 0 Å². The van der Waals surface area contributed by atoms with E-state index < -0.39 is 0 Å². The zero-order chi connectivity index (χ0) is 21.1. The molecule has 1 aliphatic carbocycles. The average molecular weight is 410 g/mol. The third kappa shape index (κ3) is 4.27. The van der Waals surface area contributed by atoms with Crippen molar-refractivity contribution in [2.75, 3.05) is 11.9 Å². The van der Waals surface area contributed by atoms with E-state index in [0.29, 0.717) is 28.3 Å². The Morgan fingerprint density at radius 2 is 2.03 bits per heavy atom. The molecule has 158 valence electrons. The predicted molar refractivity (Wildman–Crippen MR) is 114 cm³/mol. The van der Waals surface area contributed by atoms with Gasteiger partial charge in [0, 0.05) is 20.1 Å². The summed E-state index contributed by atoms with van der Waals surface area (Å²) in [5, 5.41) is 10.8. The molecule has 8 heteroatoms. The molecule has 2 heterocycles. The number of hydrogen-bond acceptors (Lipinski definition) is 5. The Balaban J connectivity index is 1.50. The van der Waals surface area contributed by atoms with E-state index in [1.807, 2.05) is 0 Å². The van der Waals surface area contributed by atoms with E-state index in [2.05, 4.69) is 25.7 Å². The van der Waals surface area contributed by atoms with E-state index in [-0.39, 0.29) is 24.0 Å². The molecule has 1 amide bonds. The third-order valence-electron chi connectivity index (χ3n) is 5.79. The van der Waals surface area contributed by atoms with Gasteiger partial charge in [-0.2, -0.15) is 5.10 Å². The van der Waals surface area contributed by atoms with Crippen LogP contribution < -0.4 is 10.6 Å². The summed E-state index contributed by atoms with van der Waals surface area (Å²) in [6.07, 6.45) is 7.77. The minimum Gasteiger partial charge on any atom is -0.366 e. The highest BCUT2D eigenvalue weighted by atomic mass is 19.1. The Labute approximate surface area is 175 Å². The number of nitrogens with zero attached hydrogens (tertiary/aromatic N) is 4. The zero-order valence-electron chi connectivity index (χ0n) is 17.4. The molecule has 2 aromatic heterocycles. The van der Waals surface area contributed by atoms with Gasteiger partial charge in [-0.3, -0.25) is 9.48 Å². The van der Waals surface area contributed by atoms with Crippen LogP contribution in [0.3, 0.4) is 0 Å². The monoisotopic (exact) mass is 410 g/mol. The molecular formula is C22H27FN6O. The second-order valence-corrected chi connectivity index (χ2v) is 8.04. The fourth-order valence-electron chi connectivity index (χ4n) is 4.11. The number of anilines is 1. The van der Waals surface area contributed by atoms with Gasteiger partial charge >= 0.3 is 0 Å². The first-order valence-electron chi connectivity index (χ1n) is 10.5. The second kappa shape index (κ2) is 8.77. The largest absolute Gasteiger partial charge is 0.366 e. The molecule has 1 saturated carbocycles. The molecule has 0 aliphatic heterocycles. The molecule has 0 atom stereocenters. The average Bonchev–Trinajstić information content (AvgIpc) is 3.09. The lowest BCUT2D eigenvalue weighted by Gasteiger charge is -2.21. The zero-order valence-corrected chi connectivity index (χ0v) is 17.4. The molecular weight excluding hydrogens is 383 g/mol. The quantitative estimate of drug-likeness (QED) is 0.647. The SMILES string of the molecule is Cc1cc(CNC(=O)c2ncnc3c(NCC4CCCCC4)nn(C)c23)ccc1F. The van der Waals surface area contributed by atoms with Crippen molar-refractivity contribution in [3.8, 4) is 0 Å². The number of amides is 1. The van der Waals surface area contributed by atoms with Gasteiger partial charge in [-0.05, 0) is 42.9 Å². The lowest BCUT2D eigenvalue weighted by molar-refractivity contribution is 0.0947. The highest BCUT2D eigenvalue weighted by molar-refractivity contribution is 6.05. The summed E-state index contributed by atoms with van der Waals surface area (Å²) in [4.78, 5) is 21.4. The molecule has 4 rings (SSSR count). The molecule has 7 nitrogen and oxygen atoms in total. The van der Waals surface area contributed by atoms with Gasteiger partial charge < -0.3 is 10.6 Å². The van der Waals surface area contributed by atoms with E-state index in [1.54, 1.807) is 30.8 Å². The molecule has 2 N–H and O–H groups in total. The van der Waals surface area contributed by atoms with Crippen molar-refractivity contribution >= 4 is 22.8 Å². The molecule has 0 bridgehead atoms. The summed E-state index contributed by atoms with van der Waals surface area (Å²) >= 11 is 0. The number of carbonyl (C=O) groups excluding carboxylic acids is 1. The Morgan fingerprint density at radius 1 is 1.23 bits per heavy atom. The van der Waals surface area contributed by atoms with Gasteiger partial charge in [0.15, 0.2) is 11.5 Å². The summed E-state index contributed by atoms with van der Waals surface area (Å²) in [7, 11) is 1.79. The van der Waals surface area contributed by atoms with E-state index in [4.69, 9.17) is 0 Å². The summed E-state index contributed by atoms with van der Waals surface area (Å²) in [5.74, 6) is 0.764. The smallest absolute Gasteiger partial charge is 0.272 e. The maximum Gasteiger partial charge on any atom is 0.272 e. The van der Waals surface area contributed by atoms with Gasteiger partial charge in [-0.15, -0.1) is 0 Å². The topological polar surface area (TPSA) is 84.7 Å². The molecule has 30 heavy (non-hydrogen) atoms. The van der Waals surface area contributed by atoms with Crippen LogP contribution in [-0.4, -0.2) is 32.2 Å². The lowest BCUT2D eigenvalue weighted by atomic mass is 9.89.